The van der Waals surface area contributed by atoms with E-state index >= 15 is 0 Å². The first kappa shape index (κ1) is 14.2. The molecule has 0 amide bonds. The Bertz CT molecular complexity index is 122. The number of hydrogen-bond donors (Lipinski definition) is 2. The van der Waals surface area contributed by atoms with Gasteiger partial charge in [-0.3, -0.25) is 0 Å². The van der Waals surface area contributed by atoms with Crippen LogP contribution in [-0.2, 0) is 0 Å². The maximum absolute atomic E-state index is 8.99. The maximum Gasteiger partial charge on any atom is 0.0584 e. The van der Waals surface area contributed by atoms with Crippen LogP contribution < -0.4 is 5.32 Å². The van der Waals surface area contributed by atoms with Crippen molar-refractivity contribution in [1.29, 1.82) is 0 Å². The molecule has 0 heterocycles. The van der Waals surface area contributed by atoms with E-state index in [4.69, 9.17) is 5.11 Å². The fourth-order valence-corrected chi connectivity index (χ4v) is 2.06. The van der Waals surface area contributed by atoms with Gasteiger partial charge in [-0.15, -0.1) is 12.4 Å². The van der Waals surface area contributed by atoms with Gasteiger partial charge in [-0.25, -0.2) is 0 Å². The summed E-state index contributed by atoms with van der Waals surface area (Å²) in [6.45, 7) is 3.51. The Labute approximate surface area is 93.9 Å². The summed E-state index contributed by atoms with van der Waals surface area (Å²) in [5, 5.41) is 12.4. The first-order valence-electron chi connectivity index (χ1n) is 5.71. The molecule has 3 heteroatoms. The van der Waals surface area contributed by atoms with Crippen molar-refractivity contribution in [3.63, 3.8) is 0 Å². The highest BCUT2D eigenvalue weighted by molar-refractivity contribution is 5.85. The van der Waals surface area contributed by atoms with Gasteiger partial charge in [0.2, 0.25) is 0 Å². The van der Waals surface area contributed by atoms with E-state index in [1.165, 1.54) is 32.1 Å². The van der Waals surface area contributed by atoms with E-state index in [0.717, 1.165) is 18.9 Å². The van der Waals surface area contributed by atoms with Gasteiger partial charge in [-0.2, -0.15) is 0 Å². The lowest BCUT2D eigenvalue weighted by Gasteiger charge is -2.24. The van der Waals surface area contributed by atoms with Crippen LogP contribution >= 0.6 is 12.4 Å². The second-order valence-corrected chi connectivity index (χ2v) is 4.20. The summed E-state index contributed by atoms with van der Waals surface area (Å²) in [6, 6.07) is 0.321. The minimum atomic E-state index is 0. The molecular formula is C11H24ClNO. The molecule has 0 bridgehead atoms. The summed E-state index contributed by atoms with van der Waals surface area (Å²) < 4.78 is 0. The van der Waals surface area contributed by atoms with E-state index < -0.39 is 0 Å². The molecule has 0 spiro atoms. The molecule has 1 aliphatic rings. The Morgan fingerprint density at radius 3 is 2.43 bits per heavy atom. The van der Waals surface area contributed by atoms with Crippen molar-refractivity contribution in [3.05, 3.63) is 0 Å². The molecule has 0 aromatic heterocycles. The molecule has 0 aromatic rings. The molecule has 0 saturated heterocycles. The first-order valence-corrected chi connectivity index (χ1v) is 5.71. The normalized spacial score (nSPS) is 20.1. The largest absolute Gasteiger partial charge is 0.395 e. The number of halogens is 1. The van der Waals surface area contributed by atoms with Crippen LogP contribution in [0, 0.1) is 5.92 Å². The van der Waals surface area contributed by atoms with Crippen molar-refractivity contribution in [2.75, 3.05) is 13.2 Å². The van der Waals surface area contributed by atoms with Crippen LogP contribution in [0.2, 0.25) is 0 Å². The third-order valence-electron chi connectivity index (χ3n) is 3.13. The van der Waals surface area contributed by atoms with Crippen LogP contribution in [-0.4, -0.2) is 24.3 Å². The average Bonchev–Trinajstić information content (AvgIpc) is 2.21. The first-order chi connectivity index (χ1) is 6.36. The fourth-order valence-electron chi connectivity index (χ4n) is 2.06. The van der Waals surface area contributed by atoms with Crippen LogP contribution in [0.15, 0.2) is 0 Å². The van der Waals surface area contributed by atoms with Crippen molar-refractivity contribution in [3.8, 4) is 0 Å². The molecular weight excluding hydrogens is 198 g/mol. The fraction of sp³-hybridized carbons (Fsp3) is 1.00. The quantitative estimate of drug-likeness (QED) is 0.747. The molecule has 2 N–H and O–H groups in total. The smallest absolute Gasteiger partial charge is 0.0584 e. The minimum absolute atomic E-state index is 0. The van der Waals surface area contributed by atoms with Crippen molar-refractivity contribution in [2.24, 2.45) is 5.92 Å². The molecule has 0 radical (unpaired) electrons. The Balaban J connectivity index is 0.00000169. The van der Waals surface area contributed by atoms with Crippen LogP contribution in [0.3, 0.4) is 0 Å². The highest BCUT2D eigenvalue weighted by Gasteiger charge is 2.14. The number of rotatable bonds is 5. The second kappa shape index (κ2) is 8.51. The zero-order valence-corrected chi connectivity index (χ0v) is 9.98. The van der Waals surface area contributed by atoms with Crippen molar-refractivity contribution in [2.45, 2.75) is 51.5 Å². The molecule has 1 aliphatic carbocycles. The average molecular weight is 222 g/mol. The summed E-state index contributed by atoms with van der Waals surface area (Å²) in [7, 11) is 0. The van der Waals surface area contributed by atoms with Crippen LogP contribution in [0.1, 0.15) is 45.4 Å². The van der Waals surface area contributed by atoms with E-state index in [9.17, 15) is 0 Å². The predicted octanol–water partition coefficient (Wildman–Crippen LogP) is 2.35. The number of aliphatic hydroxyl groups excluding tert-OH is 1. The second-order valence-electron chi connectivity index (χ2n) is 4.20. The van der Waals surface area contributed by atoms with Crippen LogP contribution in [0.25, 0.3) is 0 Å². The number of nitrogens with one attached hydrogen (secondary N) is 1. The van der Waals surface area contributed by atoms with Gasteiger partial charge in [0.25, 0.3) is 0 Å². The van der Waals surface area contributed by atoms with Crippen molar-refractivity contribution in [1.82, 2.24) is 5.32 Å². The summed E-state index contributed by atoms with van der Waals surface area (Å²) in [4.78, 5) is 0. The molecule has 1 fully saturated rings. The summed E-state index contributed by atoms with van der Waals surface area (Å²) in [6.07, 6.45) is 8.03. The number of aliphatic hydroxyl groups is 1. The van der Waals surface area contributed by atoms with Crippen molar-refractivity contribution >= 4 is 12.4 Å². The molecule has 0 aromatic carbocycles. The standard InChI is InChI=1S/C11H23NO.ClH/c1-2-11(9-13)12-8-10-6-4-3-5-7-10;/h10-13H,2-9H2,1H3;1H. The summed E-state index contributed by atoms with van der Waals surface area (Å²) in [5.41, 5.74) is 0. The van der Waals surface area contributed by atoms with E-state index in [1.807, 2.05) is 0 Å². The van der Waals surface area contributed by atoms with Crippen molar-refractivity contribution < 1.29 is 5.11 Å². The van der Waals surface area contributed by atoms with Crippen LogP contribution in [0.5, 0.6) is 0 Å². The van der Waals surface area contributed by atoms with E-state index in [0.29, 0.717) is 6.04 Å². The highest BCUT2D eigenvalue weighted by atomic mass is 35.5. The Morgan fingerprint density at radius 1 is 1.29 bits per heavy atom. The molecule has 2 nitrogen and oxygen atoms in total. The lowest BCUT2D eigenvalue weighted by Crippen LogP contribution is -2.36. The van der Waals surface area contributed by atoms with Gasteiger partial charge < -0.3 is 10.4 Å². The zero-order chi connectivity index (χ0) is 9.52. The monoisotopic (exact) mass is 221 g/mol. The predicted molar refractivity (Wildman–Crippen MR) is 63.0 cm³/mol. The molecule has 1 saturated carbocycles. The van der Waals surface area contributed by atoms with Gasteiger partial charge in [0.1, 0.15) is 0 Å². The zero-order valence-electron chi connectivity index (χ0n) is 9.17. The van der Waals surface area contributed by atoms with Gasteiger partial charge in [0.05, 0.1) is 6.61 Å². The van der Waals surface area contributed by atoms with Gasteiger partial charge in [-0.1, -0.05) is 26.2 Å². The molecule has 14 heavy (non-hydrogen) atoms. The summed E-state index contributed by atoms with van der Waals surface area (Å²) >= 11 is 0. The Hall–Kier alpha value is 0.210. The number of hydrogen-bond acceptors (Lipinski definition) is 2. The molecule has 1 atom stereocenters. The SMILES string of the molecule is CCC(CO)NCC1CCCCC1.Cl. The van der Waals surface area contributed by atoms with Gasteiger partial charge >= 0.3 is 0 Å². The molecule has 86 valence electrons. The van der Waals surface area contributed by atoms with Gasteiger partial charge in [0.15, 0.2) is 0 Å². The third-order valence-corrected chi connectivity index (χ3v) is 3.13. The highest BCUT2D eigenvalue weighted by Crippen LogP contribution is 2.22. The summed E-state index contributed by atoms with van der Waals surface area (Å²) in [5.74, 6) is 0.870. The molecule has 1 rings (SSSR count). The van der Waals surface area contributed by atoms with E-state index in [2.05, 4.69) is 12.2 Å². The minimum Gasteiger partial charge on any atom is -0.395 e. The Kier molecular flexibility index (Phi) is 8.64. The topological polar surface area (TPSA) is 32.3 Å². The van der Waals surface area contributed by atoms with Gasteiger partial charge in [-0.05, 0) is 31.7 Å². The maximum atomic E-state index is 8.99. The third kappa shape index (κ3) is 5.18. The lowest BCUT2D eigenvalue weighted by atomic mass is 9.89. The molecule has 1 unspecified atom stereocenters. The molecule has 0 aliphatic heterocycles. The lowest BCUT2D eigenvalue weighted by molar-refractivity contribution is 0.226. The van der Waals surface area contributed by atoms with E-state index in [-0.39, 0.29) is 19.0 Å². The van der Waals surface area contributed by atoms with Gasteiger partial charge in [0, 0.05) is 6.04 Å². The van der Waals surface area contributed by atoms with E-state index in [1.54, 1.807) is 0 Å². The van der Waals surface area contributed by atoms with Crippen LogP contribution in [0.4, 0.5) is 0 Å². The Morgan fingerprint density at radius 2 is 1.93 bits per heavy atom.